The number of hydrogen-bond acceptors (Lipinski definition) is 3. The number of benzene rings is 2. The molecule has 0 bridgehead atoms. The van der Waals surface area contributed by atoms with Crippen molar-refractivity contribution in [2.75, 3.05) is 0 Å². The summed E-state index contributed by atoms with van der Waals surface area (Å²) >= 11 is 6.21. The molecule has 21 heavy (non-hydrogen) atoms. The largest absolute Gasteiger partial charge is 0.437 e. The molecular formula is C16H10ClFN2O. The summed E-state index contributed by atoms with van der Waals surface area (Å²) in [5, 5.41) is 0.426. The highest BCUT2D eigenvalue weighted by molar-refractivity contribution is 6.32. The van der Waals surface area contributed by atoms with Gasteiger partial charge in [0.15, 0.2) is 0 Å². The van der Waals surface area contributed by atoms with Gasteiger partial charge in [-0.25, -0.2) is 9.97 Å². The lowest BCUT2D eigenvalue weighted by Crippen LogP contribution is -1.92. The van der Waals surface area contributed by atoms with E-state index in [1.165, 1.54) is 0 Å². The van der Waals surface area contributed by atoms with Gasteiger partial charge < -0.3 is 4.74 Å². The Bertz CT molecular complexity index is 765. The minimum Gasteiger partial charge on any atom is -0.437 e. The van der Waals surface area contributed by atoms with E-state index in [-0.39, 0.29) is 5.88 Å². The Kier molecular flexibility index (Phi) is 3.79. The van der Waals surface area contributed by atoms with Crippen LogP contribution in [0.25, 0.3) is 11.1 Å². The molecule has 3 aromatic rings. The van der Waals surface area contributed by atoms with Crippen LogP contribution in [0.3, 0.4) is 0 Å². The van der Waals surface area contributed by atoms with Gasteiger partial charge in [0.25, 0.3) is 0 Å². The topological polar surface area (TPSA) is 35.0 Å². The van der Waals surface area contributed by atoms with Crippen molar-refractivity contribution in [3.63, 3.8) is 0 Å². The molecule has 0 saturated heterocycles. The fourth-order valence-electron chi connectivity index (χ4n) is 1.88. The van der Waals surface area contributed by atoms with Gasteiger partial charge in [0.2, 0.25) is 11.8 Å². The molecule has 3 rings (SSSR count). The average molecular weight is 301 g/mol. The van der Waals surface area contributed by atoms with Crippen LogP contribution < -0.4 is 4.74 Å². The summed E-state index contributed by atoms with van der Waals surface area (Å²) < 4.78 is 18.4. The first-order chi connectivity index (χ1) is 10.2. The molecular weight excluding hydrogens is 291 g/mol. The van der Waals surface area contributed by atoms with E-state index in [0.29, 0.717) is 10.8 Å². The zero-order chi connectivity index (χ0) is 14.7. The van der Waals surface area contributed by atoms with Crippen molar-refractivity contribution >= 4 is 11.6 Å². The standard InChI is InChI=1S/C16H10ClFN2O/c17-13-8-12(11-4-2-1-3-5-11)6-7-14(13)21-16-9-15(18)19-10-20-16/h1-10H. The maximum atomic E-state index is 13.0. The minimum absolute atomic E-state index is 0.108. The van der Waals surface area contributed by atoms with E-state index in [1.54, 1.807) is 12.1 Å². The van der Waals surface area contributed by atoms with Crippen LogP contribution in [0.1, 0.15) is 0 Å². The van der Waals surface area contributed by atoms with Gasteiger partial charge >= 0.3 is 0 Å². The van der Waals surface area contributed by atoms with Crippen LogP contribution in [0.2, 0.25) is 5.02 Å². The predicted molar refractivity (Wildman–Crippen MR) is 79.0 cm³/mol. The van der Waals surface area contributed by atoms with Gasteiger partial charge in [0.1, 0.15) is 12.1 Å². The van der Waals surface area contributed by atoms with E-state index < -0.39 is 5.95 Å². The van der Waals surface area contributed by atoms with E-state index in [2.05, 4.69) is 9.97 Å². The Morgan fingerprint density at radius 1 is 0.905 bits per heavy atom. The van der Waals surface area contributed by atoms with Crippen molar-refractivity contribution < 1.29 is 9.13 Å². The highest BCUT2D eigenvalue weighted by Gasteiger charge is 2.07. The highest BCUT2D eigenvalue weighted by Crippen LogP contribution is 2.32. The molecule has 0 atom stereocenters. The molecule has 104 valence electrons. The second-order valence-electron chi connectivity index (χ2n) is 4.29. The number of nitrogens with zero attached hydrogens (tertiary/aromatic N) is 2. The van der Waals surface area contributed by atoms with Crippen LogP contribution in [0, 0.1) is 5.95 Å². The van der Waals surface area contributed by atoms with Crippen molar-refractivity contribution in [2.24, 2.45) is 0 Å². The first-order valence-electron chi connectivity index (χ1n) is 6.23. The van der Waals surface area contributed by atoms with Crippen LogP contribution in [-0.2, 0) is 0 Å². The van der Waals surface area contributed by atoms with Gasteiger partial charge in [-0.1, -0.05) is 48.0 Å². The van der Waals surface area contributed by atoms with Crippen molar-refractivity contribution in [3.8, 4) is 22.8 Å². The summed E-state index contributed by atoms with van der Waals surface area (Å²) in [5.74, 6) is -0.136. The Hall–Kier alpha value is -2.46. The average Bonchev–Trinajstić information content (AvgIpc) is 2.50. The van der Waals surface area contributed by atoms with Gasteiger partial charge in [-0.05, 0) is 23.3 Å². The molecule has 0 aliphatic heterocycles. The fourth-order valence-corrected chi connectivity index (χ4v) is 2.10. The van der Waals surface area contributed by atoms with Crippen LogP contribution in [-0.4, -0.2) is 9.97 Å². The Morgan fingerprint density at radius 3 is 2.43 bits per heavy atom. The third-order valence-electron chi connectivity index (χ3n) is 2.86. The van der Waals surface area contributed by atoms with Gasteiger partial charge in [-0.15, -0.1) is 0 Å². The first kappa shape index (κ1) is 13.5. The molecule has 0 unspecified atom stereocenters. The van der Waals surface area contributed by atoms with E-state index in [0.717, 1.165) is 23.5 Å². The van der Waals surface area contributed by atoms with Crippen molar-refractivity contribution in [3.05, 3.63) is 71.9 Å². The van der Waals surface area contributed by atoms with Gasteiger partial charge in [0, 0.05) is 0 Å². The molecule has 3 nitrogen and oxygen atoms in total. The second-order valence-corrected chi connectivity index (χ2v) is 4.70. The third kappa shape index (κ3) is 3.17. The normalized spacial score (nSPS) is 10.4. The van der Waals surface area contributed by atoms with Gasteiger partial charge in [-0.2, -0.15) is 4.39 Å². The lowest BCUT2D eigenvalue weighted by molar-refractivity contribution is 0.451. The maximum Gasteiger partial charge on any atom is 0.225 e. The molecule has 0 spiro atoms. The quantitative estimate of drug-likeness (QED) is 0.656. The summed E-state index contributed by atoms with van der Waals surface area (Å²) in [6.45, 7) is 0. The molecule has 0 radical (unpaired) electrons. The fraction of sp³-hybridized carbons (Fsp3) is 0. The van der Waals surface area contributed by atoms with Crippen LogP contribution in [0.5, 0.6) is 11.6 Å². The molecule has 1 aromatic heterocycles. The molecule has 5 heteroatoms. The molecule has 1 heterocycles. The van der Waals surface area contributed by atoms with Crippen LogP contribution in [0.15, 0.2) is 60.9 Å². The Balaban J connectivity index is 1.88. The van der Waals surface area contributed by atoms with Gasteiger partial charge in [0.05, 0.1) is 11.1 Å². The summed E-state index contributed by atoms with van der Waals surface area (Å²) in [6, 6.07) is 16.4. The SMILES string of the molecule is Fc1cc(Oc2ccc(-c3ccccc3)cc2Cl)ncn1. The van der Waals surface area contributed by atoms with E-state index >= 15 is 0 Å². The zero-order valence-electron chi connectivity index (χ0n) is 10.8. The summed E-state index contributed by atoms with van der Waals surface area (Å²) in [7, 11) is 0. The second kappa shape index (κ2) is 5.89. The Morgan fingerprint density at radius 2 is 1.71 bits per heavy atom. The minimum atomic E-state index is -0.656. The zero-order valence-corrected chi connectivity index (χ0v) is 11.6. The smallest absolute Gasteiger partial charge is 0.225 e. The van der Waals surface area contributed by atoms with E-state index in [1.807, 2.05) is 36.4 Å². The van der Waals surface area contributed by atoms with E-state index in [9.17, 15) is 4.39 Å². The molecule has 0 aliphatic carbocycles. The molecule has 0 N–H and O–H groups in total. The van der Waals surface area contributed by atoms with Crippen molar-refractivity contribution in [1.29, 1.82) is 0 Å². The van der Waals surface area contributed by atoms with Gasteiger partial charge in [-0.3, -0.25) is 0 Å². The maximum absolute atomic E-state index is 13.0. The molecule has 2 aromatic carbocycles. The van der Waals surface area contributed by atoms with Crippen LogP contribution in [0.4, 0.5) is 4.39 Å². The lowest BCUT2D eigenvalue weighted by Gasteiger charge is -2.08. The summed E-state index contributed by atoms with van der Waals surface area (Å²) in [5.41, 5.74) is 2.03. The molecule has 0 saturated carbocycles. The van der Waals surface area contributed by atoms with Crippen molar-refractivity contribution in [1.82, 2.24) is 9.97 Å². The number of ether oxygens (including phenoxy) is 1. The molecule has 0 amide bonds. The highest BCUT2D eigenvalue weighted by atomic mass is 35.5. The summed E-state index contributed by atoms with van der Waals surface area (Å²) in [4.78, 5) is 7.19. The molecule has 0 fully saturated rings. The number of aromatic nitrogens is 2. The van der Waals surface area contributed by atoms with Crippen molar-refractivity contribution in [2.45, 2.75) is 0 Å². The Labute approximate surface area is 126 Å². The van der Waals surface area contributed by atoms with Crippen LogP contribution >= 0.6 is 11.6 Å². The van der Waals surface area contributed by atoms with E-state index in [4.69, 9.17) is 16.3 Å². The predicted octanol–water partition coefficient (Wildman–Crippen LogP) is 4.73. The first-order valence-corrected chi connectivity index (χ1v) is 6.60. The summed E-state index contributed by atoms with van der Waals surface area (Å²) in [6.07, 6.45) is 1.09. The number of halogens is 2. The molecule has 0 aliphatic rings. The third-order valence-corrected chi connectivity index (χ3v) is 3.16. The lowest BCUT2D eigenvalue weighted by atomic mass is 10.1. The number of hydrogen-bond donors (Lipinski definition) is 0. The number of rotatable bonds is 3. The monoisotopic (exact) mass is 300 g/mol.